The van der Waals surface area contributed by atoms with E-state index < -0.39 is 0 Å². The van der Waals surface area contributed by atoms with Crippen molar-refractivity contribution in [2.75, 3.05) is 18.5 Å². The van der Waals surface area contributed by atoms with Crippen LogP contribution in [0.3, 0.4) is 0 Å². The van der Waals surface area contributed by atoms with Crippen LogP contribution in [0.15, 0.2) is 24.5 Å². The SMILES string of the molecule is CC(Cl)CCN(C)c1ccc2nccnc2n1. The van der Waals surface area contributed by atoms with Crippen molar-refractivity contribution in [3.8, 4) is 0 Å². The van der Waals surface area contributed by atoms with Crippen molar-refractivity contribution in [1.82, 2.24) is 15.0 Å². The van der Waals surface area contributed by atoms with Gasteiger partial charge >= 0.3 is 0 Å². The number of aromatic nitrogens is 3. The predicted octanol–water partition coefficient (Wildman–Crippen LogP) is 2.48. The molecule has 0 amide bonds. The summed E-state index contributed by atoms with van der Waals surface area (Å²) in [6, 6.07) is 3.89. The number of nitrogens with zero attached hydrogens (tertiary/aromatic N) is 4. The Morgan fingerprint density at radius 3 is 2.82 bits per heavy atom. The Morgan fingerprint density at radius 1 is 1.29 bits per heavy atom. The lowest BCUT2D eigenvalue weighted by Gasteiger charge is -2.18. The Balaban J connectivity index is 2.18. The largest absolute Gasteiger partial charge is 0.360 e. The quantitative estimate of drug-likeness (QED) is 0.782. The molecule has 0 N–H and O–H groups in total. The van der Waals surface area contributed by atoms with Crippen molar-refractivity contribution < 1.29 is 0 Å². The number of hydrogen-bond acceptors (Lipinski definition) is 4. The summed E-state index contributed by atoms with van der Waals surface area (Å²) >= 11 is 5.93. The van der Waals surface area contributed by atoms with Gasteiger partial charge in [-0.05, 0) is 25.5 Å². The van der Waals surface area contributed by atoms with E-state index in [1.165, 1.54) is 0 Å². The molecule has 0 radical (unpaired) electrons. The van der Waals surface area contributed by atoms with E-state index in [-0.39, 0.29) is 5.38 Å². The number of rotatable bonds is 4. The van der Waals surface area contributed by atoms with Gasteiger partial charge in [0.1, 0.15) is 11.3 Å². The van der Waals surface area contributed by atoms with Crippen LogP contribution in [0.4, 0.5) is 5.82 Å². The summed E-state index contributed by atoms with van der Waals surface area (Å²) in [6.07, 6.45) is 4.25. The second-order valence-corrected chi connectivity index (χ2v) is 4.80. The van der Waals surface area contributed by atoms with Crippen LogP contribution in [0.5, 0.6) is 0 Å². The minimum atomic E-state index is 0.178. The Labute approximate surface area is 106 Å². The van der Waals surface area contributed by atoms with Gasteiger partial charge < -0.3 is 4.90 Å². The minimum Gasteiger partial charge on any atom is -0.360 e. The zero-order valence-electron chi connectivity index (χ0n) is 9.97. The third-order valence-corrected chi connectivity index (χ3v) is 2.79. The molecule has 2 aromatic rings. The molecule has 4 nitrogen and oxygen atoms in total. The van der Waals surface area contributed by atoms with E-state index >= 15 is 0 Å². The Bertz CT molecular complexity index is 501. The van der Waals surface area contributed by atoms with E-state index in [0.29, 0.717) is 5.65 Å². The van der Waals surface area contributed by atoms with Crippen molar-refractivity contribution in [1.29, 1.82) is 0 Å². The van der Waals surface area contributed by atoms with Crippen molar-refractivity contribution in [3.63, 3.8) is 0 Å². The highest BCUT2D eigenvalue weighted by Gasteiger charge is 2.06. The second-order valence-electron chi connectivity index (χ2n) is 4.06. The summed E-state index contributed by atoms with van der Waals surface area (Å²) in [7, 11) is 2.00. The lowest BCUT2D eigenvalue weighted by Crippen LogP contribution is -2.21. The topological polar surface area (TPSA) is 41.9 Å². The number of anilines is 1. The highest BCUT2D eigenvalue weighted by molar-refractivity contribution is 6.20. The van der Waals surface area contributed by atoms with Crippen LogP contribution in [-0.2, 0) is 0 Å². The van der Waals surface area contributed by atoms with Gasteiger partial charge in [0.2, 0.25) is 0 Å². The van der Waals surface area contributed by atoms with Crippen LogP contribution in [0.2, 0.25) is 0 Å². The molecule has 0 aliphatic carbocycles. The lowest BCUT2D eigenvalue weighted by atomic mass is 10.3. The van der Waals surface area contributed by atoms with Gasteiger partial charge in [-0.25, -0.2) is 9.97 Å². The van der Waals surface area contributed by atoms with Crippen LogP contribution >= 0.6 is 11.6 Å². The van der Waals surface area contributed by atoms with Gasteiger partial charge in [0.15, 0.2) is 5.65 Å². The van der Waals surface area contributed by atoms with Crippen LogP contribution < -0.4 is 4.90 Å². The average Bonchev–Trinajstić information content (AvgIpc) is 2.35. The molecule has 0 saturated carbocycles. The number of alkyl halides is 1. The number of pyridine rings is 1. The molecule has 0 aliphatic rings. The first-order valence-corrected chi connectivity index (χ1v) is 6.03. The van der Waals surface area contributed by atoms with Gasteiger partial charge in [-0.15, -0.1) is 11.6 Å². The zero-order valence-corrected chi connectivity index (χ0v) is 10.7. The summed E-state index contributed by atoms with van der Waals surface area (Å²) in [5.74, 6) is 0.898. The highest BCUT2D eigenvalue weighted by Crippen LogP contribution is 2.14. The molecule has 1 unspecified atom stereocenters. The third kappa shape index (κ3) is 3.03. The Morgan fingerprint density at radius 2 is 2.06 bits per heavy atom. The summed E-state index contributed by atoms with van der Waals surface area (Å²) in [6.45, 7) is 2.87. The molecular formula is C12H15ClN4. The fourth-order valence-corrected chi connectivity index (χ4v) is 1.64. The monoisotopic (exact) mass is 250 g/mol. The number of fused-ring (bicyclic) bond motifs is 1. The van der Waals surface area contributed by atoms with Gasteiger partial charge in [0.05, 0.1) is 0 Å². The van der Waals surface area contributed by atoms with E-state index in [1.54, 1.807) is 12.4 Å². The number of hydrogen-bond donors (Lipinski definition) is 0. The molecule has 0 aromatic carbocycles. The molecule has 0 saturated heterocycles. The Kier molecular flexibility index (Phi) is 3.74. The molecular weight excluding hydrogens is 236 g/mol. The maximum Gasteiger partial charge on any atom is 0.180 e. The first kappa shape index (κ1) is 12.0. The molecule has 2 aromatic heterocycles. The molecule has 2 rings (SSSR count). The van der Waals surface area contributed by atoms with Gasteiger partial charge in [-0.3, -0.25) is 4.98 Å². The van der Waals surface area contributed by atoms with Gasteiger partial charge in [0, 0.05) is 31.4 Å². The van der Waals surface area contributed by atoms with Gasteiger partial charge in [-0.1, -0.05) is 0 Å². The lowest BCUT2D eigenvalue weighted by molar-refractivity contribution is 0.766. The Hall–Kier alpha value is -1.42. The molecule has 17 heavy (non-hydrogen) atoms. The predicted molar refractivity (Wildman–Crippen MR) is 70.5 cm³/mol. The van der Waals surface area contributed by atoms with Crippen LogP contribution in [0, 0.1) is 0 Å². The number of halogens is 1. The maximum absolute atomic E-state index is 5.93. The summed E-state index contributed by atoms with van der Waals surface area (Å²) in [5, 5.41) is 0.178. The summed E-state index contributed by atoms with van der Waals surface area (Å²) in [4.78, 5) is 14.9. The van der Waals surface area contributed by atoms with E-state index in [4.69, 9.17) is 11.6 Å². The van der Waals surface area contributed by atoms with Crippen molar-refractivity contribution in [2.45, 2.75) is 18.7 Å². The minimum absolute atomic E-state index is 0.178. The highest BCUT2D eigenvalue weighted by atomic mass is 35.5. The maximum atomic E-state index is 5.93. The van der Waals surface area contributed by atoms with Crippen molar-refractivity contribution >= 4 is 28.6 Å². The van der Waals surface area contributed by atoms with Crippen LogP contribution in [-0.4, -0.2) is 33.9 Å². The van der Waals surface area contributed by atoms with Crippen molar-refractivity contribution in [2.24, 2.45) is 0 Å². The first-order valence-electron chi connectivity index (χ1n) is 5.60. The first-order chi connectivity index (χ1) is 8.16. The van der Waals surface area contributed by atoms with Crippen molar-refractivity contribution in [3.05, 3.63) is 24.5 Å². The zero-order chi connectivity index (χ0) is 12.3. The molecule has 90 valence electrons. The second kappa shape index (κ2) is 5.27. The molecule has 2 heterocycles. The normalized spacial score (nSPS) is 12.6. The van der Waals surface area contributed by atoms with Gasteiger partial charge in [-0.2, -0.15) is 0 Å². The fourth-order valence-electron chi connectivity index (χ4n) is 1.54. The van der Waals surface area contributed by atoms with Gasteiger partial charge in [0.25, 0.3) is 0 Å². The standard InChI is InChI=1S/C12H15ClN4/c1-9(13)5-8-17(2)11-4-3-10-12(16-11)15-7-6-14-10/h3-4,6-7,9H,5,8H2,1-2H3. The smallest absolute Gasteiger partial charge is 0.180 e. The summed E-state index contributed by atoms with van der Waals surface area (Å²) < 4.78 is 0. The fraction of sp³-hybridized carbons (Fsp3) is 0.417. The van der Waals surface area contributed by atoms with E-state index in [1.807, 2.05) is 26.1 Å². The van der Waals surface area contributed by atoms with E-state index in [0.717, 1.165) is 24.3 Å². The molecule has 5 heteroatoms. The third-order valence-electron chi connectivity index (χ3n) is 2.57. The van der Waals surface area contributed by atoms with E-state index in [9.17, 15) is 0 Å². The molecule has 1 atom stereocenters. The molecule has 0 aliphatic heterocycles. The van der Waals surface area contributed by atoms with Crippen LogP contribution in [0.1, 0.15) is 13.3 Å². The van der Waals surface area contributed by atoms with E-state index in [2.05, 4.69) is 19.9 Å². The summed E-state index contributed by atoms with van der Waals surface area (Å²) in [5.41, 5.74) is 1.49. The molecule has 0 spiro atoms. The van der Waals surface area contributed by atoms with Crippen LogP contribution in [0.25, 0.3) is 11.2 Å². The average molecular weight is 251 g/mol. The molecule has 0 fully saturated rings. The molecule has 0 bridgehead atoms.